The highest BCUT2D eigenvalue weighted by molar-refractivity contribution is 6.13. The first-order chi connectivity index (χ1) is 16.1. The first-order valence-corrected chi connectivity index (χ1v) is 11.5. The maximum atomic E-state index is 8.56. The minimum atomic E-state index is -0.684. The molecule has 0 saturated heterocycles. The molecule has 3 heteroatoms. The van der Waals surface area contributed by atoms with E-state index in [9.17, 15) is 0 Å². The van der Waals surface area contributed by atoms with Gasteiger partial charge in [0.25, 0.3) is 0 Å². The molecule has 0 radical (unpaired) electrons. The van der Waals surface area contributed by atoms with E-state index in [4.69, 9.17) is 10.8 Å². The van der Waals surface area contributed by atoms with Gasteiger partial charge in [-0.2, -0.15) is 0 Å². The van der Waals surface area contributed by atoms with Gasteiger partial charge in [0.2, 0.25) is 11.4 Å². The lowest BCUT2D eigenvalue weighted by atomic mass is 9.81. The third kappa shape index (κ3) is 2.68. The molecule has 1 aliphatic rings. The first kappa shape index (κ1) is 19.0. The molecule has 3 aromatic heterocycles. The summed E-state index contributed by atoms with van der Waals surface area (Å²) in [5.74, 6) is -0.684. The molecule has 0 N–H and O–H groups in total. The lowest BCUT2D eigenvalue weighted by Gasteiger charge is -2.22. The molecule has 6 rings (SSSR count). The quantitative estimate of drug-likeness (QED) is 0.275. The van der Waals surface area contributed by atoms with Crippen molar-refractivity contribution in [3.05, 3.63) is 83.2 Å². The van der Waals surface area contributed by atoms with Gasteiger partial charge in [0.1, 0.15) is 7.05 Å². The number of rotatable bonds is 2. The Kier molecular flexibility index (Phi) is 3.91. The van der Waals surface area contributed by atoms with E-state index in [-0.39, 0.29) is 5.41 Å². The van der Waals surface area contributed by atoms with Crippen LogP contribution in [0.25, 0.3) is 44.5 Å². The number of hydrogen-bond acceptors (Lipinski definition) is 2. The Bertz CT molecular complexity index is 1640. The molecule has 0 spiro atoms. The second kappa shape index (κ2) is 6.77. The molecule has 3 heterocycles. The van der Waals surface area contributed by atoms with Gasteiger partial charge in [0.05, 0.1) is 10.9 Å². The predicted molar refractivity (Wildman–Crippen MR) is 135 cm³/mol. The lowest BCUT2D eigenvalue weighted by molar-refractivity contribution is -0.660. The van der Waals surface area contributed by atoms with Crippen LogP contribution in [0.5, 0.6) is 0 Å². The van der Waals surface area contributed by atoms with Crippen LogP contribution in [0.4, 0.5) is 0 Å². The van der Waals surface area contributed by atoms with Gasteiger partial charge in [-0.05, 0) is 40.6 Å². The van der Waals surface area contributed by atoms with Gasteiger partial charge in [0, 0.05) is 36.1 Å². The minimum absolute atomic E-state index is 0.144. The number of furan rings is 1. The summed E-state index contributed by atoms with van der Waals surface area (Å²) < 4.78 is 17.2. The van der Waals surface area contributed by atoms with E-state index in [0.717, 1.165) is 38.7 Å². The van der Waals surface area contributed by atoms with E-state index in [1.165, 1.54) is 22.3 Å². The summed E-state index contributed by atoms with van der Waals surface area (Å²) in [6, 6.07) is 17.2. The van der Waals surface area contributed by atoms with Crippen molar-refractivity contribution in [2.75, 3.05) is 0 Å². The highest BCUT2D eigenvalue weighted by Crippen LogP contribution is 2.52. The van der Waals surface area contributed by atoms with Gasteiger partial charge in [-0.25, -0.2) is 9.55 Å². The molecule has 5 aromatic rings. The summed E-state index contributed by atoms with van der Waals surface area (Å²) in [6.45, 7) is 10.6. The second-order valence-electron chi connectivity index (χ2n) is 10.0. The van der Waals surface area contributed by atoms with Crippen molar-refractivity contribution in [1.82, 2.24) is 4.98 Å². The van der Waals surface area contributed by atoms with Crippen LogP contribution in [-0.2, 0) is 12.5 Å². The van der Waals surface area contributed by atoms with Crippen LogP contribution in [0, 0.1) is 6.92 Å². The third-order valence-electron chi connectivity index (χ3n) is 7.38. The zero-order valence-corrected chi connectivity index (χ0v) is 20.1. The number of pyridine rings is 2. The van der Waals surface area contributed by atoms with Crippen LogP contribution < -0.4 is 4.57 Å². The van der Waals surface area contributed by atoms with E-state index in [0.29, 0.717) is 5.71 Å². The van der Waals surface area contributed by atoms with Gasteiger partial charge in [-0.15, -0.1) is 0 Å². The van der Waals surface area contributed by atoms with Crippen LogP contribution in [0.3, 0.4) is 0 Å². The summed E-state index contributed by atoms with van der Waals surface area (Å²) in [6.07, 6.45) is 4.01. The zero-order chi connectivity index (χ0) is 24.0. The molecular formula is C30H29N2O+. The maximum Gasteiger partial charge on any atom is 0.227 e. The fourth-order valence-corrected chi connectivity index (χ4v) is 5.60. The average molecular weight is 435 g/mol. The second-order valence-corrected chi connectivity index (χ2v) is 10.0. The largest absolute Gasteiger partial charge is 0.437 e. The molecule has 0 atom stereocenters. The normalized spacial score (nSPS) is 15.0. The first-order valence-electron chi connectivity index (χ1n) is 12.0. The Hall–Kier alpha value is -3.46. The van der Waals surface area contributed by atoms with Gasteiger partial charge in [-0.3, -0.25) is 0 Å². The highest BCUT2D eigenvalue weighted by Gasteiger charge is 2.38. The van der Waals surface area contributed by atoms with E-state index >= 15 is 0 Å². The molecule has 0 saturated carbocycles. The van der Waals surface area contributed by atoms with Crippen LogP contribution in [0.2, 0.25) is 0 Å². The van der Waals surface area contributed by atoms with E-state index in [2.05, 4.69) is 67.8 Å². The fourth-order valence-electron chi connectivity index (χ4n) is 5.60. The van der Waals surface area contributed by atoms with Crippen LogP contribution in [-0.4, -0.2) is 4.98 Å². The summed E-state index contributed by atoms with van der Waals surface area (Å²) >= 11 is 0. The predicted octanol–water partition coefficient (Wildman–Crippen LogP) is 7.21. The van der Waals surface area contributed by atoms with Crippen molar-refractivity contribution in [3.63, 3.8) is 0 Å². The maximum absolute atomic E-state index is 8.56. The van der Waals surface area contributed by atoms with Crippen LogP contribution in [0.1, 0.15) is 57.2 Å². The summed E-state index contributed by atoms with van der Waals surface area (Å²) in [7, 11) is 2.05. The van der Waals surface area contributed by atoms with Gasteiger partial charge in [-0.1, -0.05) is 64.1 Å². The fraction of sp³-hybridized carbons (Fsp3) is 0.267. The van der Waals surface area contributed by atoms with Crippen molar-refractivity contribution < 1.29 is 10.4 Å². The molecule has 164 valence electrons. The Morgan fingerprint density at radius 3 is 2.64 bits per heavy atom. The molecule has 1 aliphatic carbocycles. The van der Waals surface area contributed by atoms with Gasteiger partial charge < -0.3 is 4.42 Å². The third-order valence-corrected chi connectivity index (χ3v) is 7.38. The number of aromatic nitrogens is 2. The molecule has 0 unspecified atom stereocenters. The zero-order valence-electron chi connectivity index (χ0n) is 21.1. The standard InChI is InChI=1S/C30H29N2O/c1-17(2)19-13-14-32(6)24(15-19)25-18(3)11-12-21-26-27-22(16-31-29(26)33-28(21)25)20-9-7-8-10-23(20)30(27,4)5/h7-17H,1-6H3/q+1/i17D. The monoisotopic (exact) mass is 434 g/mol. The molecule has 3 nitrogen and oxygen atoms in total. The number of aryl methyl sites for hydroxylation is 2. The van der Waals surface area contributed by atoms with Crippen molar-refractivity contribution in [2.45, 2.75) is 45.9 Å². The van der Waals surface area contributed by atoms with Crippen LogP contribution >= 0.6 is 0 Å². The highest BCUT2D eigenvalue weighted by atomic mass is 16.3. The van der Waals surface area contributed by atoms with Crippen molar-refractivity contribution in [1.29, 1.82) is 0 Å². The Labute approximate surface area is 196 Å². The Morgan fingerprint density at radius 1 is 1.06 bits per heavy atom. The topological polar surface area (TPSA) is 29.9 Å². The molecule has 0 bridgehead atoms. The van der Waals surface area contributed by atoms with Gasteiger partial charge in [0.15, 0.2) is 11.8 Å². The molecule has 33 heavy (non-hydrogen) atoms. The van der Waals surface area contributed by atoms with E-state index in [1.54, 1.807) is 0 Å². The van der Waals surface area contributed by atoms with Crippen molar-refractivity contribution >= 4 is 22.1 Å². The van der Waals surface area contributed by atoms with E-state index in [1.807, 2.05) is 39.4 Å². The summed E-state index contributed by atoms with van der Waals surface area (Å²) in [5.41, 5.74) is 10.7. The molecule has 0 fully saturated rings. The SMILES string of the molecule is [2H]C(C)(C)c1cc[n+](C)c(-c2c(C)ccc3c2oc2ncc4c(c23)C(C)(C)c2ccccc2-4)c1. The van der Waals surface area contributed by atoms with Crippen LogP contribution in [0.15, 0.2) is 65.3 Å². The van der Waals surface area contributed by atoms with Crippen molar-refractivity contribution in [3.8, 4) is 22.4 Å². The molecule has 2 aromatic carbocycles. The number of benzene rings is 2. The molecular weight excluding hydrogens is 404 g/mol. The Balaban J connectivity index is 1.71. The molecule has 0 aliphatic heterocycles. The minimum Gasteiger partial charge on any atom is -0.437 e. The number of hydrogen-bond donors (Lipinski definition) is 0. The summed E-state index contributed by atoms with van der Waals surface area (Å²) in [5, 5.41) is 2.20. The summed E-state index contributed by atoms with van der Waals surface area (Å²) in [4.78, 5) is 4.79. The van der Waals surface area contributed by atoms with Gasteiger partial charge >= 0.3 is 0 Å². The Morgan fingerprint density at radius 2 is 1.85 bits per heavy atom. The molecule has 0 amide bonds. The smallest absolute Gasteiger partial charge is 0.227 e. The number of nitrogens with zero attached hydrogens (tertiary/aromatic N) is 2. The van der Waals surface area contributed by atoms with E-state index < -0.39 is 5.89 Å². The van der Waals surface area contributed by atoms with Crippen molar-refractivity contribution in [2.24, 2.45) is 7.05 Å². The average Bonchev–Trinajstić information content (AvgIpc) is 3.26. The number of fused-ring (bicyclic) bond motifs is 7. The lowest BCUT2D eigenvalue weighted by Crippen LogP contribution is -2.31.